The molecule has 0 spiro atoms. The largest absolute Gasteiger partial charge is 0.397 e. The number of pyridine rings is 1. The number of alkyl halides is 3. The third kappa shape index (κ3) is 4.06. The Morgan fingerprint density at radius 1 is 0.952 bits per heavy atom. The van der Waals surface area contributed by atoms with E-state index in [9.17, 15) is 35.8 Å². The first-order valence-corrected chi connectivity index (χ1v) is 5.11. The number of aliphatic hydroxyl groups excluding tert-OH is 2. The molecule has 1 rings (SSSR count). The van der Waals surface area contributed by atoms with E-state index in [0.717, 1.165) is 0 Å². The number of hydrogen-bond acceptors (Lipinski definition) is 3. The van der Waals surface area contributed by atoms with E-state index in [1.54, 1.807) is 0 Å². The van der Waals surface area contributed by atoms with E-state index < -0.39 is 53.4 Å². The second-order valence-corrected chi connectivity index (χ2v) is 3.99. The van der Waals surface area contributed by atoms with Crippen LogP contribution in [0, 0.1) is 29.4 Å². The van der Waals surface area contributed by atoms with Crippen LogP contribution in [0.4, 0.5) is 30.7 Å². The van der Waals surface area contributed by atoms with Gasteiger partial charge in [-0.3, -0.25) is 0 Å². The topological polar surface area (TPSA) is 53.4 Å². The zero-order chi connectivity index (χ0) is 15.8. The van der Waals surface area contributed by atoms with Crippen LogP contribution in [-0.2, 0) is 17.1 Å². The van der Waals surface area contributed by atoms with Crippen molar-refractivity contribution in [1.82, 2.24) is 4.98 Å². The minimum Gasteiger partial charge on any atom is -0.393 e. The fraction of sp³-hybridized carbons (Fsp3) is 0.500. The van der Waals surface area contributed by atoms with Gasteiger partial charge in [0.15, 0.2) is 11.6 Å². The molecule has 0 amide bonds. The van der Waals surface area contributed by atoms with Crippen LogP contribution in [0.2, 0.25) is 0 Å². The summed E-state index contributed by atoms with van der Waals surface area (Å²) in [5, 5.41) is 18.3. The Morgan fingerprint density at radius 3 is 1.62 bits per heavy atom. The standard InChI is InChI=1S/C10H8F7NO2.Fe/c1-2(19)4(10(15,16)17)7(20)3-5(11)8(13)18-9(14)6(3)12;/h2,4,7,19-20H,1H3;. The maximum atomic E-state index is 13.3. The van der Waals surface area contributed by atoms with Crippen LogP contribution in [0.3, 0.4) is 0 Å². The molecule has 0 aliphatic heterocycles. The van der Waals surface area contributed by atoms with Gasteiger partial charge in [-0.2, -0.15) is 26.9 Å². The van der Waals surface area contributed by atoms with E-state index in [2.05, 4.69) is 4.98 Å². The van der Waals surface area contributed by atoms with Crippen molar-refractivity contribution in [3.8, 4) is 0 Å². The summed E-state index contributed by atoms with van der Waals surface area (Å²) in [6.07, 6.45) is -10.6. The van der Waals surface area contributed by atoms with E-state index >= 15 is 0 Å². The Bertz CT molecular complexity index is 483. The van der Waals surface area contributed by atoms with Crippen LogP contribution in [0.25, 0.3) is 0 Å². The third-order valence-corrected chi connectivity index (χ3v) is 2.57. The summed E-state index contributed by atoms with van der Waals surface area (Å²) >= 11 is 0. The Labute approximate surface area is 124 Å². The zero-order valence-corrected chi connectivity index (χ0v) is 11.2. The van der Waals surface area contributed by atoms with Gasteiger partial charge in [0.1, 0.15) is 5.92 Å². The average Bonchev–Trinajstić information content (AvgIpc) is 2.24. The molecular weight excluding hydrogens is 355 g/mol. The summed E-state index contributed by atoms with van der Waals surface area (Å²) in [5.41, 5.74) is -1.88. The first-order chi connectivity index (χ1) is 8.98. The predicted molar refractivity (Wildman–Crippen MR) is 50.3 cm³/mol. The fourth-order valence-electron chi connectivity index (χ4n) is 1.66. The van der Waals surface area contributed by atoms with Gasteiger partial charge in [0.2, 0.25) is 0 Å². The average molecular weight is 363 g/mol. The van der Waals surface area contributed by atoms with Crippen LogP contribution in [0.1, 0.15) is 18.6 Å². The number of rotatable bonds is 3. The number of aliphatic hydroxyl groups is 2. The summed E-state index contributed by atoms with van der Waals surface area (Å²) in [4.78, 5) is 2.14. The van der Waals surface area contributed by atoms with Crippen molar-refractivity contribution in [2.45, 2.75) is 25.3 Å². The second-order valence-electron chi connectivity index (χ2n) is 3.99. The molecule has 0 saturated carbocycles. The van der Waals surface area contributed by atoms with Gasteiger partial charge >= 0.3 is 6.18 Å². The molecule has 0 aromatic carbocycles. The van der Waals surface area contributed by atoms with Crippen molar-refractivity contribution in [3.63, 3.8) is 0 Å². The summed E-state index contributed by atoms with van der Waals surface area (Å²) < 4.78 is 89.9. The predicted octanol–water partition coefficient (Wildman–Crippen LogP) is 2.23. The van der Waals surface area contributed by atoms with Crippen LogP contribution in [0.15, 0.2) is 0 Å². The van der Waals surface area contributed by atoms with E-state index in [-0.39, 0.29) is 17.1 Å². The van der Waals surface area contributed by atoms with Crippen molar-refractivity contribution in [1.29, 1.82) is 0 Å². The molecule has 1 aromatic heterocycles. The van der Waals surface area contributed by atoms with Crippen LogP contribution in [-0.4, -0.2) is 27.5 Å². The monoisotopic (exact) mass is 363 g/mol. The number of nitrogens with zero attached hydrogens (tertiary/aromatic N) is 1. The first-order valence-electron chi connectivity index (χ1n) is 5.11. The van der Waals surface area contributed by atoms with E-state index in [1.165, 1.54) is 0 Å². The molecule has 122 valence electrons. The fourth-order valence-corrected chi connectivity index (χ4v) is 1.66. The minimum absolute atomic E-state index is 0. The van der Waals surface area contributed by atoms with Crippen molar-refractivity contribution >= 4 is 0 Å². The Hall–Kier alpha value is -0.901. The van der Waals surface area contributed by atoms with E-state index in [1.807, 2.05) is 0 Å². The van der Waals surface area contributed by atoms with Gasteiger partial charge in [-0.25, -0.2) is 8.78 Å². The molecular formula is C10H8F7FeNO2. The molecule has 3 unspecified atom stereocenters. The molecule has 11 heteroatoms. The van der Waals surface area contributed by atoms with Gasteiger partial charge in [0, 0.05) is 17.1 Å². The molecule has 3 atom stereocenters. The van der Waals surface area contributed by atoms with Crippen molar-refractivity contribution in [2.75, 3.05) is 0 Å². The van der Waals surface area contributed by atoms with Gasteiger partial charge in [-0.1, -0.05) is 0 Å². The summed E-state index contributed by atoms with van der Waals surface area (Å²) in [5.74, 6) is -12.0. The molecule has 0 aliphatic rings. The Balaban J connectivity index is 0.00000400. The Kier molecular flexibility index (Phi) is 6.61. The van der Waals surface area contributed by atoms with Crippen molar-refractivity contribution < 1.29 is 58.0 Å². The Morgan fingerprint density at radius 2 is 1.33 bits per heavy atom. The molecule has 0 bridgehead atoms. The van der Waals surface area contributed by atoms with E-state index in [4.69, 9.17) is 5.11 Å². The summed E-state index contributed by atoms with van der Waals surface area (Å²) in [6, 6.07) is 0. The second kappa shape index (κ2) is 6.91. The summed E-state index contributed by atoms with van der Waals surface area (Å²) in [7, 11) is 0. The SMILES string of the molecule is CC(O)C(C(O)c1c(F)c(F)nc(F)c1F)C(F)(F)F.[Fe]. The van der Waals surface area contributed by atoms with Crippen molar-refractivity contribution in [3.05, 3.63) is 29.1 Å². The molecule has 3 nitrogen and oxygen atoms in total. The maximum absolute atomic E-state index is 13.3. The van der Waals surface area contributed by atoms with Gasteiger partial charge < -0.3 is 10.2 Å². The molecule has 0 aliphatic carbocycles. The normalized spacial score (nSPS) is 16.1. The van der Waals surface area contributed by atoms with Gasteiger partial charge in [0.25, 0.3) is 11.9 Å². The molecule has 2 N–H and O–H groups in total. The molecule has 21 heavy (non-hydrogen) atoms. The minimum atomic E-state index is -5.26. The third-order valence-electron chi connectivity index (χ3n) is 2.57. The number of hydrogen-bond donors (Lipinski definition) is 2. The summed E-state index contributed by atoms with van der Waals surface area (Å²) in [6.45, 7) is 0.602. The van der Waals surface area contributed by atoms with Gasteiger partial charge in [-0.05, 0) is 6.92 Å². The number of halogens is 7. The van der Waals surface area contributed by atoms with Crippen LogP contribution >= 0.6 is 0 Å². The smallest absolute Gasteiger partial charge is 0.393 e. The first kappa shape index (κ1) is 20.1. The van der Waals surface area contributed by atoms with Gasteiger partial charge in [-0.15, -0.1) is 0 Å². The molecule has 0 radical (unpaired) electrons. The number of aromatic nitrogens is 1. The molecule has 1 aromatic rings. The quantitative estimate of drug-likeness (QED) is 0.492. The molecule has 1 heterocycles. The van der Waals surface area contributed by atoms with Crippen LogP contribution in [0.5, 0.6) is 0 Å². The van der Waals surface area contributed by atoms with Gasteiger partial charge in [0.05, 0.1) is 17.8 Å². The maximum Gasteiger partial charge on any atom is 0.397 e. The molecule has 0 fully saturated rings. The van der Waals surface area contributed by atoms with E-state index in [0.29, 0.717) is 6.92 Å². The zero-order valence-electron chi connectivity index (χ0n) is 10.1. The molecule has 0 saturated heterocycles. The van der Waals surface area contributed by atoms with Crippen LogP contribution < -0.4 is 0 Å². The van der Waals surface area contributed by atoms with Crippen molar-refractivity contribution in [2.24, 2.45) is 5.92 Å².